The monoisotopic (exact) mass is 364 g/mol. The Hall–Kier alpha value is -2.98. The zero-order valence-electron chi connectivity index (χ0n) is 12.8. The maximum Gasteiger partial charge on any atom is 0.134 e. The third kappa shape index (κ3) is 3.75. The van der Waals surface area contributed by atoms with Gasteiger partial charge in [-0.05, 0) is 54.1 Å². The summed E-state index contributed by atoms with van der Waals surface area (Å²) >= 11 is 12.0. The van der Waals surface area contributed by atoms with Crippen molar-refractivity contribution in [2.75, 3.05) is 0 Å². The first-order valence-corrected chi connectivity index (χ1v) is 8.04. The van der Waals surface area contributed by atoms with Gasteiger partial charge in [-0.2, -0.15) is 10.5 Å². The number of hydrogen-bond donors (Lipinski definition) is 0. The molecule has 0 spiro atoms. The van der Waals surface area contributed by atoms with Gasteiger partial charge in [0.1, 0.15) is 11.5 Å². The first kappa shape index (κ1) is 16.9. The summed E-state index contributed by atoms with van der Waals surface area (Å²) in [6.07, 6.45) is 1.64. The molecule has 0 atom stereocenters. The quantitative estimate of drug-likeness (QED) is 0.520. The van der Waals surface area contributed by atoms with Crippen LogP contribution in [0.15, 0.2) is 59.0 Å². The summed E-state index contributed by atoms with van der Waals surface area (Å²) in [7, 11) is 0. The molecule has 2 aromatic carbocycles. The molecule has 0 N–H and O–H groups in total. The average molecular weight is 365 g/mol. The standard InChI is InChI=1S/C20H10Cl2N2O/c21-18-6-4-15(10-19(18)22)20-7-5-17(25-20)9-16(12-24)14-3-1-2-13(8-14)11-23/h1-10H/b16-9+. The lowest BCUT2D eigenvalue weighted by Crippen LogP contribution is -1.83. The van der Waals surface area contributed by atoms with Crippen LogP contribution in [0.3, 0.4) is 0 Å². The molecule has 1 aromatic heterocycles. The van der Waals surface area contributed by atoms with Gasteiger partial charge in [-0.3, -0.25) is 0 Å². The normalized spacial score (nSPS) is 11.0. The number of halogens is 2. The van der Waals surface area contributed by atoms with Gasteiger partial charge in [0.15, 0.2) is 0 Å². The van der Waals surface area contributed by atoms with Gasteiger partial charge >= 0.3 is 0 Å². The van der Waals surface area contributed by atoms with Crippen LogP contribution in [-0.4, -0.2) is 0 Å². The molecule has 120 valence electrons. The lowest BCUT2D eigenvalue weighted by molar-refractivity contribution is 0.572. The molecule has 5 heteroatoms. The first-order valence-electron chi connectivity index (χ1n) is 7.28. The highest BCUT2D eigenvalue weighted by molar-refractivity contribution is 6.42. The molecule has 3 rings (SSSR count). The van der Waals surface area contributed by atoms with E-state index in [1.165, 1.54) is 0 Å². The molecule has 0 saturated heterocycles. The van der Waals surface area contributed by atoms with Crippen molar-refractivity contribution in [3.63, 3.8) is 0 Å². The summed E-state index contributed by atoms with van der Waals surface area (Å²) in [5.41, 5.74) is 2.36. The van der Waals surface area contributed by atoms with Crippen molar-refractivity contribution >= 4 is 34.9 Å². The SMILES string of the molecule is N#C/C(=C\c1ccc(-c2ccc(Cl)c(Cl)c2)o1)c1cccc(C#N)c1. The van der Waals surface area contributed by atoms with E-state index >= 15 is 0 Å². The van der Waals surface area contributed by atoms with Crippen LogP contribution in [0, 0.1) is 22.7 Å². The zero-order chi connectivity index (χ0) is 17.8. The number of nitriles is 2. The maximum atomic E-state index is 9.42. The molecule has 0 bridgehead atoms. The van der Waals surface area contributed by atoms with Gasteiger partial charge in [0, 0.05) is 5.56 Å². The summed E-state index contributed by atoms with van der Waals surface area (Å²) in [6.45, 7) is 0. The lowest BCUT2D eigenvalue weighted by Gasteiger charge is -2.00. The molecule has 0 aliphatic heterocycles. The van der Waals surface area contributed by atoms with Gasteiger partial charge in [-0.1, -0.05) is 35.3 Å². The van der Waals surface area contributed by atoms with Crippen LogP contribution in [0.25, 0.3) is 23.0 Å². The van der Waals surface area contributed by atoms with Crippen molar-refractivity contribution in [3.05, 3.63) is 81.5 Å². The van der Waals surface area contributed by atoms with E-state index in [0.29, 0.717) is 38.3 Å². The highest BCUT2D eigenvalue weighted by Gasteiger charge is 2.08. The zero-order valence-corrected chi connectivity index (χ0v) is 14.3. The average Bonchev–Trinajstić information content (AvgIpc) is 3.10. The highest BCUT2D eigenvalue weighted by Crippen LogP contribution is 2.30. The Morgan fingerprint density at radius 3 is 2.52 bits per heavy atom. The van der Waals surface area contributed by atoms with E-state index in [-0.39, 0.29) is 0 Å². The Kier molecular flexibility index (Phi) is 4.91. The first-order chi connectivity index (χ1) is 12.1. The third-order valence-electron chi connectivity index (χ3n) is 3.54. The van der Waals surface area contributed by atoms with Crippen LogP contribution < -0.4 is 0 Å². The van der Waals surface area contributed by atoms with E-state index in [0.717, 1.165) is 5.56 Å². The predicted octanol–water partition coefficient (Wildman–Crippen LogP) is 6.19. The Balaban J connectivity index is 1.95. The van der Waals surface area contributed by atoms with Gasteiger partial charge < -0.3 is 4.42 Å². The minimum Gasteiger partial charge on any atom is -0.457 e. The molecule has 3 aromatic rings. The minimum absolute atomic E-state index is 0.409. The molecule has 0 amide bonds. The van der Waals surface area contributed by atoms with Gasteiger partial charge in [-0.25, -0.2) is 0 Å². The Morgan fingerprint density at radius 2 is 1.80 bits per heavy atom. The number of furan rings is 1. The van der Waals surface area contributed by atoms with Gasteiger partial charge in [0.2, 0.25) is 0 Å². The molecule has 0 aliphatic rings. The smallest absolute Gasteiger partial charge is 0.134 e. The van der Waals surface area contributed by atoms with E-state index in [2.05, 4.69) is 12.1 Å². The largest absolute Gasteiger partial charge is 0.457 e. The topological polar surface area (TPSA) is 60.7 Å². The molecule has 0 unspecified atom stereocenters. The fraction of sp³-hybridized carbons (Fsp3) is 0. The van der Waals surface area contributed by atoms with Crippen molar-refractivity contribution in [1.82, 2.24) is 0 Å². The van der Waals surface area contributed by atoms with Gasteiger partial charge in [0.25, 0.3) is 0 Å². The number of benzene rings is 2. The minimum atomic E-state index is 0.409. The summed E-state index contributed by atoms with van der Waals surface area (Å²) in [4.78, 5) is 0. The lowest BCUT2D eigenvalue weighted by atomic mass is 10.0. The van der Waals surface area contributed by atoms with Gasteiger partial charge in [-0.15, -0.1) is 0 Å². The van der Waals surface area contributed by atoms with Crippen molar-refractivity contribution in [2.45, 2.75) is 0 Å². The van der Waals surface area contributed by atoms with Crippen molar-refractivity contribution in [1.29, 1.82) is 10.5 Å². The Morgan fingerprint density at radius 1 is 0.960 bits per heavy atom. The molecular weight excluding hydrogens is 355 g/mol. The second-order valence-corrected chi connectivity index (χ2v) is 6.01. The molecule has 1 heterocycles. The van der Waals surface area contributed by atoms with Crippen molar-refractivity contribution in [3.8, 4) is 23.5 Å². The summed E-state index contributed by atoms with van der Waals surface area (Å²) in [5.74, 6) is 1.15. The molecule has 25 heavy (non-hydrogen) atoms. The van der Waals surface area contributed by atoms with E-state index < -0.39 is 0 Å². The van der Waals surface area contributed by atoms with E-state index in [1.54, 1.807) is 54.6 Å². The molecule has 3 nitrogen and oxygen atoms in total. The fourth-order valence-electron chi connectivity index (χ4n) is 2.31. The van der Waals surface area contributed by atoms with Gasteiger partial charge in [0.05, 0.1) is 33.3 Å². The van der Waals surface area contributed by atoms with E-state index in [4.69, 9.17) is 32.9 Å². The maximum absolute atomic E-state index is 9.42. The van der Waals surface area contributed by atoms with Crippen LogP contribution >= 0.6 is 23.2 Å². The van der Waals surface area contributed by atoms with Crippen molar-refractivity contribution < 1.29 is 4.42 Å². The highest BCUT2D eigenvalue weighted by atomic mass is 35.5. The van der Waals surface area contributed by atoms with Crippen LogP contribution in [0.5, 0.6) is 0 Å². The molecule has 0 radical (unpaired) electrons. The van der Waals surface area contributed by atoms with Crippen LogP contribution in [0.2, 0.25) is 10.0 Å². The van der Waals surface area contributed by atoms with E-state index in [1.807, 2.05) is 6.07 Å². The van der Waals surface area contributed by atoms with E-state index in [9.17, 15) is 5.26 Å². The van der Waals surface area contributed by atoms with Crippen LogP contribution in [0.1, 0.15) is 16.9 Å². The number of nitrogens with zero attached hydrogens (tertiary/aromatic N) is 2. The summed E-state index contributed by atoms with van der Waals surface area (Å²) < 4.78 is 5.78. The summed E-state index contributed by atoms with van der Waals surface area (Å²) in [6, 6.07) is 19.9. The summed E-state index contributed by atoms with van der Waals surface area (Å²) in [5, 5.41) is 19.3. The predicted molar refractivity (Wildman–Crippen MR) is 98.8 cm³/mol. The molecular formula is C20H10Cl2N2O. The van der Waals surface area contributed by atoms with Crippen LogP contribution in [0.4, 0.5) is 0 Å². The second-order valence-electron chi connectivity index (χ2n) is 5.19. The fourth-order valence-corrected chi connectivity index (χ4v) is 2.61. The molecule has 0 aliphatic carbocycles. The molecule has 0 saturated carbocycles. The van der Waals surface area contributed by atoms with Crippen LogP contribution in [-0.2, 0) is 0 Å². The third-order valence-corrected chi connectivity index (χ3v) is 4.28. The Bertz CT molecular complexity index is 1050. The van der Waals surface area contributed by atoms with Crippen molar-refractivity contribution in [2.24, 2.45) is 0 Å². The molecule has 0 fully saturated rings. The number of rotatable bonds is 3. The second kappa shape index (κ2) is 7.28. The number of allylic oxidation sites excluding steroid dienone is 1. The number of hydrogen-bond acceptors (Lipinski definition) is 3. The Labute approximate surface area is 155 Å².